The highest BCUT2D eigenvalue weighted by Crippen LogP contribution is 2.05. The molecule has 0 aliphatic carbocycles. The molecule has 0 spiro atoms. The topological polar surface area (TPSA) is 71.5 Å². The van der Waals surface area contributed by atoms with Gasteiger partial charge in [0.15, 0.2) is 0 Å². The number of hydrogen-bond acceptors (Lipinski definition) is 5. The number of nitrogens with one attached hydrogen (secondary N) is 1. The zero-order chi connectivity index (χ0) is 13.6. The van der Waals surface area contributed by atoms with Crippen molar-refractivity contribution in [2.45, 2.75) is 11.3 Å². The van der Waals surface area contributed by atoms with Crippen molar-refractivity contribution in [3.8, 4) is 0 Å². The number of rotatable bonds is 5. The molecule has 0 bridgehead atoms. The molecule has 106 valence electrons. The number of pyridine rings is 1. The summed E-state index contributed by atoms with van der Waals surface area (Å²) >= 11 is 0. The minimum absolute atomic E-state index is 0.203. The van der Waals surface area contributed by atoms with Crippen LogP contribution in [0.2, 0.25) is 0 Å². The summed E-state index contributed by atoms with van der Waals surface area (Å²) in [5.41, 5.74) is 0. The average molecular weight is 285 g/mol. The van der Waals surface area contributed by atoms with Crippen LogP contribution in [0, 0.1) is 0 Å². The van der Waals surface area contributed by atoms with Crippen LogP contribution in [0.25, 0.3) is 0 Å². The van der Waals surface area contributed by atoms with E-state index in [-0.39, 0.29) is 4.90 Å². The molecule has 1 aromatic rings. The highest BCUT2D eigenvalue weighted by molar-refractivity contribution is 7.89. The summed E-state index contributed by atoms with van der Waals surface area (Å²) in [5, 5.41) is 0. The predicted octanol–water partition coefficient (Wildman–Crippen LogP) is 0.0822. The lowest BCUT2D eigenvalue weighted by atomic mass is 10.4. The Kier molecular flexibility index (Phi) is 5.26. The molecule has 1 aromatic heterocycles. The Labute approximate surface area is 113 Å². The molecule has 0 saturated carbocycles. The van der Waals surface area contributed by atoms with Crippen molar-refractivity contribution in [3.63, 3.8) is 0 Å². The normalized spacial score (nSPS) is 18.1. The Bertz CT molecular complexity index is 470. The third-order valence-corrected chi connectivity index (χ3v) is 4.43. The second-order valence-electron chi connectivity index (χ2n) is 4.39. The zero-order valence-electron chi connectivity index (χ0n) is 10.8. The van der Waals surface area contributed by atoms with Crippen LogP contribution in [0.3, 0.4) is 0 Å². The van der Waals surface area contributed by atoms with E-state index in [9.17, 15) is 8.42 Å². The Hall–Kier alpha value is -1.02. The molecule has 0 atom stereocenters. The summed E-state index contributed by atoms with van der Waals surface area (Å²) in [6.07, 6.45) is 3.90. The Morgan fingerprint density at radius 2 is 2.26 bits per heavy atom. The van der Waals surface area contributed by atoms with Crippen LogP contribution in [0.5, 0.6) is 0 Å². The first-order chi connectivity index (χ1) is 9.18. The largest absolute Gasteiger partial charge is 0.380 e. The van der Waals surface area contributed by atoms with Crippen molar-refractivity contribution in [2.75, 3.05) is 39.4 Å². The van der Waals surface area contributed by atoms with Crippen molar-refractivity contribution in [3.05, 3.63) is 24.5 Å². The van der Waals surface area contributed by atoms with Gasteiger partial charge in [-0.1, -0.05) is 0 Å². The lowest BCUT2D eigenvalue weighted by Gasteiger charge is -2.18. The number of ether oxygens (including phenoxy) is 1. The van der Waals surface area contributed by atoms with Gasteiger partial charge in [-0.25, -0.2) is 13.1 Å². The van der Waals surface area contributed by atoms with Gasteiger partial charge in [0.25, 0.3) is 0 Å². The molecule has 1 saturated heterocycles. The minimum atomic E-state index is -3.44. The van der Waals surface area contributed by atoms with Gasteiger partial charge in [0.1, 0.15) is 4.90 Å². The van der Waals surface area contributed by atoms with Gasteiger partial charge in [-0.2, -0.15) is 0 Å². The van der Waals surface area contributed by atoms with E-state index in [1.165, 1.54) is 12.3 Å². The highest BCUT2D eigenvalue weighted by Gasteiger charge is 2.14. The molecule has 19 heavy (non-hydrogen) atoms. The number of sulfonamides is 1. The van der Waals surface area contributed by atoms with E-state index in [0.29, 0.717) is 13.1 Å². The maximum Gasteiger partial charge on any atom is 0.242 e. The fourth-order valence-electron chi connectivity index (χ4n) is 1.95. The van der Waals surface area contributed by atoms with Gasteiger partial charge in [-0.3, -0.25) is 9.88 Å². The van der Waals surface area contributed by atoms with Crippen molar-refractivity contribution < 1.29 is 13.2 Å². The van der Waals surface area contributed by atoms with E-state index in [4.69, 9.17) is 4.74 Å². The number of hydrogen-bond donors (Lipinski definition) is 1. The van der Waals surface area contributed by atoms with Crippen LogP contribution in [0.4, 0.5) is 0 Å². The van der Waals surface area contributed by atoms with E-state index in [1.807, 2.05) is 0 Å². The van der Waals surface area contributed by atoms with Gasteiger partial charge < -0.3 is 4.74 Å². The van der Waals surface area contributed by atoms with E-state index in [1.54, 1.807) is 12.3 Å². The predicted molar refractivity (Wildman–Crippen MR) is 71.3 cm³/mol. The van der Waals surface area contributed by atoms with Crippen LogP contribution < -0.4 is 4.72 Å². The third kappa shape index (κ3) is 4.54. The molecular formula is C12H19N3O3S. The summed E-state index contributed by atoms with van der Waals surface area (Å²) in [5.74, 6) is 0. The quantitative estimate of drug-likeness (QED) is 0.829. The standard InChI is InChI=1S/C12H19N3O3S/c16-19(17,12-3-1-4-13-11-12)14-5-7-15-6-2-9-18-10-8-15/h1,3-4,11,14H,2,5-10H2. The van der Waals surface area contributed by atoms with E-state index in [2.05, 4.69) is 14.6 Å². The maximum absolute atomic E-state index is 11.9. The van der Waals surface area contributed by atoms with Crippen molar-refractivity contribution in [1.82, 2.24) is 14.6 Å². The molecule has 0 aromatic carbocycles. The fraction of sp³-hybridized carbons (Fsp3) is 0.583. The lowest BCUT2D eigenvalue weighted by Crippen LogP contribution is -2.36. The van der Waals surface area contributed by atoms with Gasteiger partial charge in [0.2, 0.25) is 10.0 Å². The SMILES string of the molecule is O=S(=O)(NCCN1CCCOCC1)c1cccnc1. The molecule has 2 heterocycles. The van der Waals surface area contributed by atoms with E-state index >= 15 is 0 Å². The lowest BCUT2D eigenvalue weighted by molar-refractivity contribution is 0.142. The van der Waals surface area contributed by atoms with Gasteiger partial charge in [0.05, 0.1) is 6.61 Å². The van der Waals surface area contributed by atoms with Crippen molar-refractivity contribution in [1.29, 1.82) is 0 Å². The molecule has 1 fully saturated rings. The molecule has 7 heteroatoms. The first kappa shape index (κ1) is 14.4. The van der Waals surface area contributed by atoms with E-state index in [0.717, 1.165) is 32.7 Å². The van der Waals surface area contributed by atoms with Gasteiger partial charge >= 0.3 is 0 Å². The summed E-state index contributed by atoms with van der Waals surface area (Å²) < 4.78 is 31.8. The van der Waals surface area contributed by atoms with E-state index < -0.39 is 10.0 Å². The smallest absolute Gasteiger partial charge is 0.242 e. The Morgan fingerprint density at radius 3 is 3.05 bits per heavy atom. The Morgan fingerprint density at radius 1 is 1.37 bits per heavy atom. The molecule has 2 rings (SSSR count). The van der Waals surface area contributed by atoms with Crippen LogP contribution in [0.1, 0.15) is 6.42 Å². The first-order valence-electron chi connectivity index (χ1n) is 6.38. The fourth-order valence-corrected chi connectivity index (χ4v) is 2.93. The van der Waals surface area contributed by atoms with Crippen LogP contribution in [-0.2, 0) is 14.8 Å². The Balaban J connectivity index is 1.81. The van der Waals surface area contributed by atoms with Gasteiger partial charge in [-0.05, 0) is 18.6 Å². The average Bonchev–Trinajstić information content (AvgIpc) is 2.68. The van der Waals surface area contributed by atoms with Crippen molar-refractivity contribution in [2.24, 2.45) is 0 Å². The summed E-state index contributed by atoms with van der Waals surface area (Å²) in [6.45, 7) is 4.41. The molecule has 6 nitrogen and oxygen atoms in total. The molecule has 1 N–H and O–H groups in total. The number of aromatic nitrogens is 1. The zero-order valence-corrected chi connectivity index (χ0v) is 11.6. The molecule has 1 aliphatic rings. The van der Waals surface area contributed by atoms with Crippen LogP contribution >= 0.6 is 0 Å². The van der Waals surface area contributed by atoms with Crippen molar-refractivity contribution >= 4 is 10.0 Å². The minimum Gasteiger partial charge on any atom is -0.380 e. The second-order valence-corrected chi connectivity index (χ2v) is 6.16. The summed E-state index contributed by atoms with van der Waals surface area (Å²) in [4.78, 5) is 6.23. The summed E-state index contributed by atoms with van der Waals surface area (Å²) in [6, 6.07) is 3.15. The van der Waals surface area contributed by atoms with Gasteiger partial charge in [-0.15, -0.1) is 0 Å². The van der Waals surface area contributed by atoms with Gasteiger partial charge in [0, 0.05) is 45.2 Å². The van der Waals surface area contributed by atoms with Crippen LogP contribution in [0.15, 0.2) is 29.4 Å². The maximum atomic E-state index is 11.9. The molecule has 0 radical (unpaired) electrons. The first-order valence-corrected chi connectivity index (χ1v) is 7.86. The third-order valence-electron chi connectivity index (χ3n) is 2.98. The second kappa shape index (κ2) is 6.95. The molecule has 0 amide bonds. The highest BCUT2D eigenvalue weighted by atomic mass is 32.2. The monoisotopic (exact) mass is 285 g/mol. The molecule has 1 aliphatic heterocycles. The molecule has 0 unspecified atom stereocenters. The van der Waals surface area contributed by atoms with Crippen LogP contribution in [-0.4, -0.2) is 57.7 Å². The molecular weight excluding hydrogens is 266 g/mol. The number of nitrogens with zero attached hydrogens (tertiary/aromatic N) is 2. The summed E-state index contributed by atoms with van der Waals surface area (Å²) in [7, 11) is -3.44.